The average molecular weight is 251 g/mol. The first-order valence-electron chi connectivity index (χ1n) is 4.08. The van der Waals surface area contributed by atoms with Crippen LogP contribution in [0.2, 0.25) is 5.02 Å². The van der Waals surface area contributed by atoms with E-state index >= 15 is 0 Å². The molecule has 1 aromatic carbocycles. The SMILES string of the molecule is O=C(O)C=Cc1ccc(Cl)c(C(F)(F)F)c1. The van der Waals surface area contributed by atoms with E-state index in [0.29, 0.717) is 0 Å². The highest BCUT2D eigenvalue weighted by atomic mass is 35.5. The quantitative estimate of drug-likeness (QED) is 0.816. The van der Waals surface area contributed by atoms with E-state index in [-0.39, 0.29) is 5.56 Å². The molecule has 6 heteroatoms. The third kappa shape index (κ3) is 3.27. The molecule has 0 aliphatic carbocycles. The lowest BCUT2D eigenvalue weighted by Crippen LogP contribution is -2.05. The molecule has 0 radical (unpaired) electrons. The molecule has 86 valence electrons. The summed E-state index contributed by atoms with van der Waals surface area (Å²) in [7, 11) is 0. The van der Waals surface area contributed by atoms with Gasteiger partial charge in [-0.1, -0.05) is 17.7 Å². The molecule has 0 aliphatic rings. The van der Waals surface area contributed by atoms with Crippen LogP contribution < -0.4 is 0 Å². The Morgan fingerprint density at radius 1 is 1.38 bits per heavy atom. The van der Waals surface area contributed by atoms with Crippen molar-refractivity contribution in [3.63, 3.8) is 0 Å². The molecule has 16 heavy (non-hydrogen) atoms. The molecule has 0 heterocycles. The highest BCUT2D eigenvalue weighted by molar-refractivity contribution is 6.31. The van der Waals surface area contributed by atoms with E-state index in [1.54, 1.807) is 0 Å². The van der Waals surface area contributed by atoms with Crippen LogP contribution in [-0.2, 0) is 11.0 Å². The molecule has 0 bridgehead atoms. The molecule has 0 unspecified atom stereocenters. The van der Waals surface area contributed by atoms with Crippen molar-refractivity contribution in [2.45, 2.75) is 6.18 Å². The Morgan fingerprint density at radius 3 is 2.50 bits per heavy atom. The molecule has 1 aromatic rings. The minimum atomic E-state index is -4.55. The summed E-state index contributed by atoms with van der Waals surface area (Å²) in [5.74, 6) is -1.23. The number of carboxylic acid groups (broad SMARTS) is 1. The van der Waals surface area contributed by atoms with Crippen LogP contribution in [0.5, 0.6) is 0 Å². The number of hydrogen-bond acceptors (Lipinski definition) is 1. The summed E-state index contributed by atoms with van der Waals surface area (Å²) < 4.78 is 37.2. The fraction of sp³-hybridized carbons (Fsp3) is 0.100. The first-order valence-corrected chi connectivity index (χ1v) is 4.46. The van der Waals surface area contributed by atoms with Crippen molar-refractivity contribution in [3.8, 4) is 0 Å². The number of aliphatic carboxylic acids is 1. The molecular formula is C10H6ClF3O2. The van der Waals surface area contributed by atoms with Gasteiger partial charge in [0, 0.05) is 6.08 Å². The predicted octanol–water partition coefficient (Wildman–Crippen LogP) is 3.46. The third-order valence-corrected chi connectivity index (χ3v) is 2.04. The van der Waals surface area contributed by atoms with Gasteiger partial charge >= 0.3 is 12.1 Å². The molecule has 2 nitrogen and oxygen atoms in total. The van der Waals surface area contributed by atoms with E-state index in [1.165, 1.54) is 6.07 Å². The summed E-state index contributed by atoms with van der Waals surface area (Å²) >= 11 is 5.38. The fourth-order valence-electron chi connectivity index (χ4n) is 1.03. The van der Waals surface area contributed by atoms with Gasteiger partial charge in [-0.3, -0.25) is 0 Å². The zero-order valence-electron chi connectivity index (χ0n) is 7.75. The van der Waals surface area contributed by atoms with Gasteiger partial charge < -0.3 is 5.11 Å². The van der Waals surface area contributed by atoms with E-state index in [4.69, 9.17) is 16.7 Å². The Bertz CT molecular complexity index is 438. The van der Waals surface area contributed by atoms with Crippen molar-refractivity contribution in [1.82, 2.24) is 0 Å². The normalized spacial score (nSPS) is 12.0. The van der Waals surface area contributed by atoms with Crippen LogP contribution in [0.25, 0.3) is 6.08 Å². The standard InChI is InChI=1S/C10H6ClF3O2/c11-8-3-1-6(2-4-9(15)16)5-7(8)10(12,13)14/h1-5H,(H,15,16). The number of hydrogen-bond donors (Lipinski definition) is 1. The van der Waals surface area contributed by atoms with Crippen LogP contribution in [0.3, 0.4) is 0 Å². The minimum absolute atomic E-state index is 0.124. The summed E-state index contributed by atoms with van der Waals surface area (Å²) in [4.78, 5) is 10.2. The van der Waals surface area contributed by atoms with Gasteiger partial charge in [-0.25, -0.2) is 4.79 Å². The summed E-state index contributed by atoms with van der Waals surface area (Å²) in [6.45, 7) is 0. The monoisotopic (exact) mass is 250 g/mol. The van der Waals surface area contributed by atoms with Crippen molar-refractivity contribution in [2.75, 3.05) is 0 Å². The van der Waals surface area contributed by atoms with Crippen LogP contribution in [0, 0.1) is 0 Å². The Hall–Kier alpha value is -1.49. The zero-order chi connectivity index (χ0) is 12.3. The van der Waals surface area contributed by atoms with Gasteiger partial charge in [0.05, 0.1) is 10.6 Å². The van der Waals surface area contributed by atoms with Gasteiger partial charge in [0.2, 0.25) is 0 Å². The summed E-state index contributed by atoms with van der Waals surface area (Å²) in [6.07, 6.45) is -2.73. The molecule has 0 saturated heterocycles. The zero-order valence-corrected chi connectivity index (χ0v) is 8.51. The molecule has 1 rings (SSSR count). The van der Waals surface area contributed by atoms with E-state index < -0.39 is 22.7 Å². The molecule has 0 spiro atoms. The number of rotatable bonds is 2. The number of carboxylic acids is 1. The van der Waals surface area contributed by atoms with Gasteiger partial charge in [0.25, 0.3) is 0 Å². The molecule has 0 atom stereocenters. The number of benzene rings is 1. The molecule has 0 aromatic heterocycles. The van der Waals surface area contributed by atoms with E-state index in [1.807, 2.05) is 0 Å². The van der Waals surface area contributed by atoms with Crippen LogP contribution >= 0.6 is 11.6 Å². The minimum Gasteiger partial charge on any atom is -0.478 e. The van der Waals surface area contributed by atoms with Crippen molar-refractivity contribution < 1.29 is 23.1 Å². The molecule has 1 N–H and O–H groups in total. The highest BCUT2D eigenvalue weighted by Gasteiger charge is 2.33. The second-order valence-electron chi connectivity index (χ2n) is 2.91. The second-order valence-corrected chi connectivity index (χ2v) is 3.32. The van der Waals surface area contributed by atoms with Crippen molar-refractivity contribution >= 4 is 23.6 Å². The lowest BCUT2D eigenvalue weighted by molar-refractivity contribution is -0.137. The first kappa shape index (κ1) is 12.6. The van der Waals surface area contributed by atoms with E-state index in [9.17, 15) is 18.0 Å². The second kappa shape index (κ2) is 4.57. The average Bonchev–Trinajstić information content (AvgIpc) is 2.14. The van der Waals surface area contributed by atoms with Gasteiger partial charge in [0.15, 0.2) is 0 Å². The lowest BCUT2D eigenvalue weighted by Gasteiger charge is -2.09. The Kier molecular flexibility index (Phi) is 3.59. The maximum absolute atomic E-state index is 12.4. The maximum atomic E-state index is 12.4. The Morgan fingerprint density at radius 2 is 2.00 bits per heavy atom. The Labute approximate surface area is 94.0 Å². The fourth-order valence-corrected chi connectivity index (χ4v) is 1.26. The molecule has 0 aliphatic heterocycles. The first-order chi connectivity index (χ1) is 7.30. The van der Waals surface area contributed by atoms with Crippen LogP contribution in [0.4, 0.5) is 13.2 Å². The topological polar surface area (TPSA) is 37.3 Å². The van der Waals surface area contributed by atoms with Gasteiger partial charge in [-0.05, 0) is 23.8 Å². The number of halogens is 4. The summed E-state index contributed by atoms with van der Waals surface area (Å²) in [5, 5.41) is 7.91. The van der Waals surface area contributed by atoms with Crippen molar-refractivity contribution in [2.24, 2.45) is 0 Å². The van der Waals surface area contributed by atoms with Gasteiger partial charge in [-0.15, -0.1) is 0 Å². The largest absolute Gasteiger partial charge is 0.478 e. The smallest absolute Gasteiger partial charge is 0.417 e. The summed E-state index contributed by atoms with van der Waals surface area (Å²) in [6, 6.07) is 3.17. The maximum Gasteiger partial charge on any atom is 0.417 e. The number of carbonyl (C=O) groups is 1. The molecule has 0 fully saturated rings. The van der Waals surface area contributed by atoms with Gasteiger partial charge in [0.1, 0.15) is 0 Å². The van der Waals surface area contributed by atoms with Crippen LogP contribution in [-0.4, -0.2) is 11.1 Å². The lowest BCUT2D eigenvalue weighted by atomic mass is 10.1. The van der Waals surface area contributed by atoms with Crippen molar-refractivity contribution in [3.05, 3.63) is 40.4 Å². The third-order valence-electron chi connectivity index (χ3n) is 1.71. The van der Waals surface area contributed by atoms with Crippen molar-refractivity contribution in [1.29, 1.82) is 0 Å². The molecular weight excluding hydrogens is 245 g/mol. The predicted molar refractivity (Wildman–Crippen MR) is 53.1 cm³/mol. The van der Waals surface area contributed by atoms with Crippen LogP contribution in [0.15, 0.2) is 24.3 Å². The highest BCUT2D eigenvalue weighted by Crippen LogP contribution is 2.35. The molecule has 0 amide bonds. The van der Waals surface area contributed by atoms with E-state index in [0.717, 1.165) is 24.3 Å². The van der Waals surface area contributed by atoms with E-state index in [2.05, 4.69) is 0 Å². The summed E-state index contributed by atoms with van der Waals surface area (Å²) in [5.41, 5.74) is -0.860. The Balaban J connectivity index is 3.13. The number of alkyl halides is 3. The van der Waals surface area contributed by atoms with Gasteiger partial charge in [-0.2, -0.15) is 13.2 Å². The van der Waals surface area contributed by atoms with Crippen LogP contribution in [0.1, 0.15) is 11.1 Å². The molecule has 0 saturated carbocycles.